The monoisotopic (exact) mass is 692 g/mol. The lowest BCUT2D eigenvalue weighted by Crippen LogP contribution is -2.13. The van der Waals surface area contributed by atoms with E-state index >= 15 is 0 Å². The van der Waals surface area contributed by atoms with Gasteiger partial charge in [0, 0.05) is 21.4 Å². The van der Waals surface area contributed by atoms with Crippen molar-refractivity contribution in [3.05, 3.63) is 127 Å². The van der Waals surface area contributed by atoms with Gasteiger partial charge in [0.05, 0.1) is 0 Å². The van der Waals surface area contributed by atoms with E-state index in [-0.39, 0.29) is 9.52 Å². The molecule has 4 atom stereocenters. The molecule has 0 radical (unpaired) electrons. The van der Waals surface area contributed by atoms with Crippen molar-refractivity contribution in [1.82, 2.24) is 0 Å². The Morgan fingerprint density at radius 2 is 0.902 bits per heavy atom. The Bertz CT molecular complexity index is 1770. The Kier molecular flexibility index (Phi) is 11.8. The smallest absolute Gasteiger partial charge is 0.0218 e. The number of aryl methyl sites for hydroxylation is 6. The number of rotatable bonds is 14. The lowest BCUT2D eigenvalue weighted by atomic mass is 9.85. The predicted molar refractivity (Wildman–Crippen MR) is 229 cm³/mol. The van der Waals surface area contributed by atoms with Crippen LogP contribution in [0, 0.1) is 39.5 Å². The van der Waals surface area contributed by atoms with Gasteiger partial charge in [-0.2, -0.15) is 0 Å². The minimum Gasteiger partial charge on any atom is -0.0651 e. The highest BCUT2D eigenvalue weighted by Gasteiger charge is 2.33. The van der Waals surface area contributed by atoms with Crippen molar-refractivity contribution >= 4 is 21.7 Å². The lowest BCUT2D eigenvalue weighted by Gasteiger charge is -2.25. The summed E-state index contributed by atoms with van der Waals surface area (Å²) in [7, 11) is -0.366. The summed E-state index contributed by atoms with van der Waals surface area (Å²) in [6.45, 7) is 23.4. The van der Waals surface area contributed by atoms with Crippen LogP contribution in [-0.4, -0.2) is 9.52 Å². The van der Waals surface area contributed by atoms with Crippen molar-refractivity contribution in [2.24, 2.45) is 11.8 Å². The van der Waals surface area contributed by atoms with Gasteiger partial charge in [-0.05, 0) is 121 Å². The molecule has 51 heavy (non-hydrogen) atoms. The van der Waals surface area contributed by atoms with Gasteiger partial charge in [0.25, 0.3) is 0 Å². The second-order valence-electron chi connectivity index (χ2n) is 16.4. The molecule has 0 spiro atoms. The van der Waals surface area contributed by atoms with Crippen LogP contribution in [-0.2, 0) is 12.8 Å². The molecule has 0 N–H and O–H groups in total. The largest absolute Gasteiger partial charge is 0.0651 e. The molecule has 0 heterocycles. The van der Waals surface area contributed by atoms with Crippen LogP contribution in [0.4, 0.5) is 0 Å². The van der Waals surface area contributed by atoms with Crippen LogP contribution >= 0.6 is 0 Å². The van der Waals surface area contributed by atoms with E-state index in [4.69, 9.17) is 0 Å². The van der Waals surface area contributed by atoms with Crippen LogP contribution < -0.4 is 0 Å². The van der Waals surface area contributed by atoms with E-state index in [1.807, 2.05) is 0 Å². The number of hydrogen-bond acceptors (Lipinski definition) is 0. The molecule has 0 aliphatic heterocycles. The third-order valence-electron chi connectivity index (χ3n) is 12.3. The fourth-order valence-corrected chi connectivity index (χ4v) is 12.0. The van der Waals surface area contributed by atoms with Gasteiger partial charge in [-0.1, -0.05) is 173 Å². The maximum Gasteiger partial charge on any atom is 0.0218 e. The molecule has 2 aliphatic rings. The minimum absolute atomic E-state index is 0.366. The van der Waals surface area contributed by atoms with E-state index in [1.54, 1.807) is 22.3 Å². The summed E-state index contributed by atoms with van der Waals surface area (Å²) in [5.74, 6) is 2.35. The van der Waals surface area contributed by atoms with Gasteiger partial charge in [0.2, 0.25) is 0 Å². The summed E-state index contributed by atoms with van der Waals surface area (Å²) in [6.07, 6.45) is 12.4. The fourth-order valence-electron chi connectivity index (χ4n) is 9.66. The zero-order valence-corrected chi connectivity index (χ0v) is 35.0. The summed E-state index contributed by atoms with van der Waals surface area (Å²) in [6, 6.07) is 27.2. The first-order valence-electron chi connectivity index (χ1n) is 20.5. The van der Waals surface area contributed by atoms with Gasteiger partial charge in [0.1, 0.15) is 0 Å². The molecule has 1 heteroatoms. The second kappa shape index (κ2) is 16.1. The van der Waals surface area contributed by atoms with Crippen molar-refractivity contribution in [3.8, 4) is 22.3 Å². The van der Waals surface area contributed by atoms with E-state index in [2.05, 4.69) is 142 Å². The van der Waals surface area contributed by atoms with Crippen LogP contribution in [0.15, 0.2) is 71.8 Å². The van der Waals surface area contributed by atoms with Crippen LogP contribution in [0.1, 0.15) is 135 Å². The molecular formula is C50H64Si. The molecule has 4 aromatic rings. The van der Waals surface area contributed by atoms with Crippen molar-refractivity contribution in [1.29, 1.82) is 0 Å². The van der Waals surface area contributed by atoms with Gasteiger partial charge < -0.3 is 0 Å². The van der Waals surface area contributed by atoms with Crippen LogP contribution in [0.5, 0.6) is 0 Å². The molecule has 0 nitrogen and oxygen atoms in total. The van der Waals surface area contributed by atoms with Gasteiger partial charge >= 0.3 is 0 Å². The standard InChI is InChI=1S/C50H64Si/c1-11-15-37-17-19-41-45(49(37)39-23-31(5)21-32(6)24-39)27-43(35(9)13-3)47(41)29-51-30-48-42-20-18-38(16-12-2)50(40-25-33(7)22-34(8)26-40)46(42)28-44(48)36(10)14-4/h17-28,35-36,47-48H,11-16,29-30,51H2,1-10H3. The molecule has 268 valence electrons. The zero-order valence-electron chi connectivity index (χ0n) is 33.6. The molecule has 0 aromatic heterocycles. The summed E-state index contributed by atoms with van der Waals surface area (Å²) < 4.78 is 0. The number of allylic oxidation sites excluding steroid dienone is 2. The fraction of sp³-hybridized carbons (Fsp3) is 0.440. The van der Waals surface area contributed by atoms with Gasteiger partial charge in [-0.25, -0.2) is 0 Å². The van der Waals surface area contributed by atoms with Gasteiger partial charge in [-0.15, -0.1) is 0 Å². The Labute approximate surface area is 313 Å². The van der Waals surface area contributed by atoms with Crippen molar-refractivity contribution in [2.45, 2.75) is 132 Å². The van der Waals surface area contributed by atoms with Crippen molar-refractivity contribution in [2.75, 3.05) is 0 Å². The highest BCUT2D eigenvalue weighted by molar-refractivity contribution is 6.36. The summed E-state index contributed by atoms with van der Waals surface area (Å²) >= 11 is 0. The maximum atomic E-state index is 2.66. The molecule has 0 saturated heterocycles. The Hall–Kier alpha value is -3.42. The third-order valence-corrected chi connectivity index (χ3v) is 14.3. The van der Waals surface area contributed by atoms with Gasteiger partial charge in [0.15, 0.2) is 0 Å². The average molecular weight is 693 g/mol. The molecule has 0 saturated carbocycles. The summed E-state index contributed by atoms with van der Waals surface area (Å²) in [5.41, 5.74) is 24.0. The minimum atomic E-state index is -0.366. The number of hydrogen-bond donors (Lipinski definition) is 0. The first kappa shape index (κ1) is 37.3. The molecule has 0 fully saturated rings. The quantitative estimate of drug-likeness (QED) is 0.115. The second-order valence-corrected chi connectivity index (χ2v) is 18.3. The number of fused-ring (bicyclic) bond motifs is 2. The molecule has 0 amide bonds. The molecule has 6 rings (SSSR count). The van der Waals surface area contributed by atoms with Gasteiger partial charge in [-0.3, -0.25) is 0 Å². The SMILES string of the molecule is CCCc1ccc2c(c1-c1cc(C)cc(C)c1)C=C(C(C)CC)C2C[SiH2]CC1C(C(C)CC)=Cc2c1ccc(CCC)c2-c1cc(C)cc(C)c1. The topological polar surface area (TPSA) is 0 Å². The van der Waals surface area contributed by atoms with E-state index in [0.29, 0.717) is 23.7 Å². The Morgan fingerprint density at radius 3 is 1.24 bits per heavy atom. The molecule has 4 unspecified atom stereocenters. The third kappa shape index (κ3) is 7.57. The van der Waals surface area contributed by atoms with Crippen LogP contribution in [0.2, 0.25) is 12.1 Å². The highest BCUT2D eigenvalue weighted by atomic mass is 28.2. The molecule has 2 aliphatic carbocycles. The Balaban J connectivity index is 1.37. The first-order chi connectivity index (χ1) is 24.6. The van der Waals surface area contributed by atoms with Crippen LogP contribution in [0.3, 0.4) is 0 Å². The normalized spacial score (nSPS) is 17.8. The summed E-state index contributed by atoms with van der Waals surface area (Å²) in [5, 5.41) is 0. The molecular weight excluding hydrogens is 629 g/mol. The zero-order chi connectivity index (χ0) is 36.4. The van der Waals surface area contributed by atoms with E-state index < -0.39 is 0 Å². The predicted octanol–water partition coefficient (Wildman–Crippen LogP) is 13.9. The summed E-state index contributed by atoms with van der Waals surface area (Å²) in [4.78, 5) is 0. The van der Waals surface area contributed by atoms with E-state index in [1.165, 1.54) is 105 Å². The Morgan fingerprint density at radius 1 is 0.529 bits per heavy atom. The molecule has 4 aromatic carbocycles. The average Bonchev–Trinajstić information content (AvgIpc) is 3.65. The van der Waals surface area contributed by atoms with E-state index in [9.17, 15) is 0 Å². The van der Waals surface area contributed by atoms with Crippen molar-refractivity contribution in [3.63, 3.8) is 0 Å². The first-order valence-corrected chi connectivity index (χ1v) is 22.5. The highest BCUT2D eigenvalue weighted by Crippen LogP contribution is 2.51. The molecule has 0 bridgehead atoms. The number of benzene rings is 4. The van der Waals surface area contributed by atoms with Crippen LogP contribution in [0.25, 0.3) is 34.4 Å². The lowest BCUT2D eigenvalue weighted by molar-refractivity contribution is 0.609. The maximum absolute atomic E-state index is 2.66. The van der Waals surface area contributed by atoms with E-state index in [0.717, 1.165) is 12.8 Å². The van der Waals surface area contributed by atoms with Crippen molar-refractivity contribution < 1.29 is 0 Å².